The van der Waals surface area contributed by atoms with Crippen LogP contribution in [-0.2, 0) is 17.4 Å². The summed E-state index contributed by atoms with van der Waals surface area (Å²) in [5.74, 6) is -0.849. The molecule has 0 aromatic heterocycles. The number of hydrogen-bond acceptors (Lipinski definition) is 3. The Morgan fingerprint density at radius 2 is 1.93 bits per heavy atom. The molecule has 1 unspecified atom stereocenters. The summed E-state index contributed by atoms with van der Waals surface area (Å²) in [5.41, 5.74) is -0.368. The Kier molecular flexibility index (Phi) is 7.95. The van der Waals surface area contributed by atoms with Crippen LogP contribution >= 0.6 is 0 Å². The van der Waals surface area contributed by atoms with Gasteiger partial charge >= 0.3 is 12.1 Å². The largest absolute Gasteiger partial charge is 0.489 e. The first-order valence-electron chi connectivity index (χ1n) is 9.64. The van der Waals surface area contributed by atoms with Gasteiger partial charge in [-0.3, -0.25) is 4.79 Å². The second kappa shape index (κ2) is 9.97. The van der Waals surface area contributed by atoms with Crippen molar-refractivity contribution in [3.63, 3.8) is 0 Å². The summed E-state index contributed by atoms with van der Waals surface area (Å²) >= 11 is 0. The molecule has 1 heterocycles. The summed E-state index contributed by atoms with van der Waals surface area (Å²) in [5, 5.41) is 11.8. The van der Waals surface area contributed by atoms with E-state index in [1.54, 1.807) is 6.07 Å². The first-order chi connectivity index (χ1) is 12.8. The summed E-state index contributed by atoms with van der Waals surface area (Å²) in [6.07, 6.45) is 1.90. The average Bonchev–Trinajstić information content (AvgIpc) is 3.07. The van der Waals surface area contributed by atoms with Gasteiger partial charge < -0.3 is 15.2 Å². The highest BCUT2D eigenvalue weighted by atomic mass is 19.4. The maximum absolute atomic E-state index is 13.4. The minimum absolute atomic E-state index is 0.131. The van der Waals surface area contributed by atoms with Crippen LogP contribution < -0.4 is 10.1 Å². The van der Waals surface area contributed by atoms with Crippen molar-refractivity contribution in [1.29, 1.82) is 0 Å². The Morgan fingerprint density at radius 3 is 2.56 bits per heavy atom. The van der Waals surface area contributed by atoms with Crippen molar-refractivity contribution in [2.45, 2.75) is 76.6 Å². The van der Waals surface area contributed by atoms with Gasteiger partial charge in [-0.15, -0.1) is 0 Å². The smallest absolute Gasteiger partial charge is 0.416 e. The molecule has 0 bridgehead atoms. The molecule has 7 heteroatoms. The third-order valence-corrected chi connectivity index (χ3v) is 4.88. The molecular weight excluding hydrogens is 359 g/mol. The van der Waals surface area contributed by atoms with Crippen molar-refractivity contribution >= 4 is 5.97 Å². The van der Waals surface area contributed by atoms with Crippen LogP contribution in [0.25, 0.3) is 0 Å². The van der Waals surface area contributed by atoms with Crippen LogP contribution in [0.15, 0.2) is 18.2 Å². The molecule has 2 N–H and O–H groups in total. The van der Waals surface area contributed by atoms with Crippen molar-refractivity contribution in [1.82, 2.24) is 5.32 Å². The van der Waals surface area contributed by atoms with E-state index in [1.165, 1.54) is 12.5 Å². The minimum Gasteiger partial charge on any atom is -0.489 e. The Balaban J connectivity index is 1.97. The van der Waals surface area contributed by atoms with Gasteiger partial charge in [-0.05, 0) is 30.5 Å². The number of carbonyl (C=O) groups is 1. The van der Waals surface area contributed by atoms with Crippen LogP contribution in [0, 0.1) is 0 Å². The summed E-state index contributed by atoms with van der Waals surface area (Å²) in [7, 11) is 0. The van der Waals surface area contributed by atoms with Crippen LogP contribution in [0.4, 0.5) is 13.2 Å². The minimum atomic E-state index is -4.44. The van der Waals surface area contributed by atoms with Crippen LogP contribution in [-0.4, -0.2) is 29.8 Å². The number of carboxylic acids is 1. The van der Waals surface area contributed by atoms with E-state index in [-0.39, 0.29) is 12.2 Å². The zero-order valence-corrected chi connectivity index (χ0v) is 15.6. The number of carboxylic acid groups (broad SMARTS) is 1. The van der Waals surface area contributed by atoms with E-state index in [4.69, 9.17) is 9.84 Å². The Labute approximate surface area is 158 Å². The van der Waals surface area contributed by atoms with Gasteiger partial charge in [-0.25, -0.2) is 0 Å². The number of alkyl halides is 3. The van der Waals surface area contributed by atoms with Crippen molar-refractivity contribution in [3.8, 4) is 5.75 Å². The zero-order chi connectivity index (χ0) is 19.9. The number of aryl methyl sites for hydroxylation is 1. The molecule has 1 aliphatic rings. The van der Waals surface area contributed by atoms with Crippen LogP contribution in [0.1, 0.15) is 63.0 Å². The van der Waals surface area contributed by atoms with Crippen LogP contribution in [0.3, 0.4) is 0 Å². The van der Waals surface area contributed by atoms with Gasteiger partial charge in [0, 0.05) is 13.0 Å². The lowest BCUT2D eigenvalue weighted by Crippen LogP contribution is -2.30. The highest BCUT2D eigenvalue weighted by molar-refractivity contribution is 5.73. The van der Waals surface area contributed by atoms with Crippen molar-refractivity contribution in [2.24, 2.45) is 0 Å². The number of halogens is 3. The highest BCUT2D eigenvalue weighted by Gasteiger charge is 2.35. The van der Waals surface area contributed by atoms with Crippen molar-refractivity contribution in [3.05, 3.63) is 29.3 Å². The Bertz CT molecular complexity index is 619. The molecule has 152 valence electrons. The molecule has 27 heavy (non-hydrogen) atoms. The molecular formula is C20H28F3NO3. The standard InChI is InChI=1S/C20H28F3NO3/c1-2-3-4-5-6-7-8-14-9-10-15(11-17(14)20(21,22)23)27-16-12-18(19(25)26)24-13-16/h9-11,16,18,24H,2-8,12-13H2,1H3,(H,25,26)/t16?,18-/m0/s1. The molecule has 0 spiro atoms. The first kappa shape index (κ1) is 21.5. The van der Waals surface area contributed by atoms with Gasteiger partial charge in [-0.2, -0.15) is 13.2 Å². The summed E-state index contributed by atoms with van der Waals surface area (Å²) in [6, 6.07) is 3.36. The summed E-state index contributed by atoms with van der Waals surface area (Å²) < 4.78 is 45.9. The number of unbranched alkanes of at least 4 members (excludes halogenated alkanes) is 5. The monoisotopic (exact) mass is 387 g/mol. The second-order valence-electron chi connectivity index (χ2n) is 7.11. The van der Waals surface area contributed by atoms with Crippen molar-refractivity contribution in [2.75, 3.05) is 6.54 Å². The number of hydrogen-bond donors (Lipinski definition) is 2. The van der Waals surface area contributed by atoms with E-state index in [1.807, 2.05) is 0 Å². The molecule has 0 aliphatic carbocycles. The Morgan fingerprint density at radius 1 is 1.22 bits per heavy atom. The molecule has 0 saturated carbocycles. The van der Waals surface area contributed by atoms with E-state index in [0.717, 1.165) is 38.2 Å². The lowest BCUT2D eigenvalue weighted by Gasteiger charge is -2.17. The lowest BCUT2D eigenvalue weighted by molar-refractivity contribution is -0.139. The number of nitrogens with one attached hydrogen (secondary N) is 1. The van der Waals surface area contributed by atoms with E-state index in [0.29, 0.717) is 18.5 Å². The van der Waals surface area contributed by atoms with E-state index < -0.39 is 29.9 Å². The van der Waals surface area contributed by atoms with Crippen LogP contribution in [0.5, 0.6) is 5.75 Å². The molecule has 0 amide bonds. The van der Waals surface area contributed by atoms with E-state index in [9.17, 15) is 18.0 Å². The second-order valence-corrected chi connectivity index (χ2v) is 7.11. The molecule has 0 radical (unpaired) electrons. The third-order valence-electron chi connectivity index (χ3n) is 4.88. The van der Waals surface area contributed by atoms with Crippen molar-refractivity contribution < 1.29 is 27.8 Å². The van der Waals surface area contributed by atoms with E-state index in [2.05, 4.69) is 12.2 Å². The molecule has 4 nitrogen and oxygen atoms in total. The van der Waals surface area contributed by atoms with Gasteiger partial charge in [-0.1, -0.05) is 45.1 Å². The Hall–Kier alpha value is -1.76. The quantitative estimate of drug-likeness (QED) is 0.566. The number of aliphatic carboxylic acids is 1. The highest BCUT2D eigenvalue weighted by Crippen LogP contribution is 2.35. The topological polar surface area (TPSA) is 58.6 Å². The maximum Gasteiger partial charge on any atom is 0.416 e. The van der Waals surface area contributed by atoms with Crippen LogP contribution in [0.2, 0.25) is 0 Å². The molecule has 1 aromatic carbocycles. The molecule has 2 rings (SSSR count). The molecule has 1 aliphatic heterocycles. The fourth-order valence-corrected chi connectivity index (χ4v) is 3.38. The average molecular weight is 387 g/mol. The molecule has 2 atom stereocenters. The normalized spacial score (nSPS) is 20.0. The third kappa shape index (κ3) is 6.72. The summed E-state index contributed by atoms with van der Waals surface area (Å²) in [6.45, 7) is 2.43. The van der Waals surface area contributed by atoms with Gasteiger partial charge in [0.2, 0.25) is 0 Å². The maximum atomic E-state index is 13.4. The number of ether oxygens (including phenoxy) is 1. The molecule has 1 saturated heterocycles. The summed E-state index contributed by atoms with van der Waals surface area (Å²) in [4.78, 5) is 10.9. The van der Waals surface area contributed by atoms with Gasteiger partial charge in [0.25, 0.3) is 0 Å². The predicted octanol–water partition coefficient (Wildman–Crippen LogP) is 4.80. The zero-order valence-electron chi connectivity index (χ0n) is 15.6. The number of rotatable bonds is 10. The SMILES string of the molecule is CCCCCCCCc1ccc(OC2CN[C@H](C(=O)O)C2)cc1C(F)(F)F. The van der Waals surface area contributed by atoms with Gasteiger partial charge in [0.1, 0.15) is 17.9 Å². The number of benzene rings is 1. The molecule has 1 aromatic rings. The first-order valence-corrected chi connectivity index (χ1v) is 9.64. The molecule has 1 fully saturated rings. The predicted molar refractivity (Wildman–Crippen MR) is 97.0 cm³/mol. The van der Waals surface area contributed by atoms with E-state index >= 15 is 0 Å². The van der Waals surface area contributed by atoms with Gasteiger partial charge in [0.05, 0.1) is 5.56 Å². The fraction of sp³-hybridized carbons (Fsp3) is 0.650. The van der Waals surface area contributed by atoms with Gasteiger partial charge in [0.15, 0.2) is 0 Å². The fourth-order valence-electron chi connectivity index (χ4n) is 3.38. The lowest BCUT2D eigenvalue weighted by atomic mass is 9.99.